The molecule has 2 N–H and O–H groups in total. The minimum atomic E-state index is 0.205. The Hall–Kier alpha value is -2.01. The molecule has 5 nitrogen and oxygen atoms in total. The number of phenols is 1. The van der Waals surface area contributed by atoms with Gasteiger partial charge in [-0.25, -0.2) is 4.98 Å². The van der Waals surface area contributed by atoms with Crippen molar-refractivity contribution in [3.63, 3.8) is 0 Å². The zero-order chi connectivity index (χ0) is 13.7. The van der Waals surface area contributed by atoms with E-state index >= 15 is 0 Å². The monoisotopic (exact) mass is 261 g/mol. The van der Waals surface area contributed by atoms with E-state index in [-0.39, 0.29) is 5.75 Å². The van der Waals surface area contributed by atoms with Crippen molar-refractivity contribution < 1.29 is 9.84 Å². The maximum absolute atomic E-state index is 10.0. The molecule has 102 valence electrons. The summed E-state index contributed by atoms with van der Waals surface area (Å²) in [5, 5.41) is 13.3. The lowest BCUT2D eigenvalue weighted by Gasteiger charge is -2.11. The predicted molar refractivity (Wildman–Crippen MR) is 73.0 cm³/mol. The van der Waals surface area contributed by atoms with E-state index in [9.17, 15) is 5.11 Å². The number of para-hydroxylation sites is 1. The number of rotatable bonds is 6. The third kappa shape index (κ3) is 3.26. The average molecular weight is 261 g/mol. The van der Waals surface area contributed by atoms with Gasteiger partial charge in [0.25, 0.3) is 0 Å². The Morgan fingerprint density at radius 3 is 2.89 bits per heavy atom. The van der Waals surface area contributed by atoms with Crippen molar-refractivity contribution in [2.45, 2.75) is 20.0 Å². The maximum Gasteiger partial charge on any atom is 0.162 e. The normalized spacial score (nSPS) is 10.6. The minimum Gasteiger partial charge on any atom is -0.504 e. The van der Waals surface area contributed by atoms with Crippen molar-refractivity contribution in [3.8, 4) is 11.5 Å². The number of hydrogen-bond acceptors (Lipinski definition) is 4. The second-order valence-electron chi connectivity index (χ2n) is 4.25. The van der Waals surface area contributed by atoms with Crippen LogP contribution < -0.4 is 10.1 Å². The van der Waals surface area contributed by atoms with Crippen LogP contribution in [-0.4, -0.2) is 21.3 Å². The van der Waals surface area contributed by atoms with Crippen molar-refractivity contribution in [1.29, 1.82) is 0 Å². The van der Waals surface area contributed by atoms with Crippen LogP contribution in [0.1, 0.15) is 18.3 Å². The van der Waals surface area contributed by atoms with Gasteiger partial charge in [0.2, 0.25) is 0 Å². The first-order chi connectivity index (χ1) is 9.22. The Bertz CT molecular complexity index is 537. The summed E-state index contributed by atoms with van der Waals surface area (Å²) in [7, 11) is 1.96. The van der Waals surface area contributed by atoms with Crippen LogP contribution in [0.2, 0.25) is 0 Å². The fourth-order valence-electron chi connectivity index (χ4n) is 1.86. The van der Waals surface area contributed by atoms with Gasteiger partial charge in [-0.1, -0.05) is 12.1 Å². The summed E-state index contributed by atoms with van der Waals surface area (Å²) in [6.45, 7) is 3.66. The molecule has 1 heterocycles. The van der Waals surface area contributed by atoms with Gasteiger partial charge in [-0.3, -0.25) is 0 Å². The zero-order valence-corrected chi connectivity index (χ0v) is 11.3. The van der Waals surface area contributed by atoms with Gasteiger partial charge in [0.15, 0.2) is 11.5 Å². The van der Waals surface area contributed by atoms with Gasteiger partial charge in [0.05, 0.1) is 13.2 Å². The number of benzene rings is 1. The fraction of sp³-hybridized carbons (Fsp3) is 0.357. The van der Waals surface area contributed by atoms with Crippen LogP contribution in [0.15, 0.2) is 30.6 Å². The lowest BCUT2D eigenvalue weighted by molar-refractivity contribution is 0.316. The number of aromatic hydroxyl groups is 1. The number of nitrogens with one attached hydrogen (secondary N) is 1. The largest absolute Gasteiger partial charge is 0.504 e. The van der Waals surface area contributed by atoms with Crippen LogP contribution >= 0.6 is 0 Å². The first-order valence-corrected chi connectivity index (χ1v) is 6.33. The maximum atomic E-state index is 10.0. The molecule has 0 aliphatic rings. The molecule has 0 aliphatic carbocycles. The first-order valence-electron chi connectivity index (χ1n) is 6.33. The van der Waals surface area contributed by atoms with Gasteiger partial charge >= 0.3 is 0 Å². The van der Waals surface area contributed by atoms with Crippen molar-refractivity contribution >= 4 is 0 Å². The quantitative estimate of drug-likeness (QED) is 0.832. The van der Waals surface area contributed by atoms with E-state index in [1.54, 1.807) is 12.3 Å². The number of aromatic nitrogens is 2. The van der Waals surface area contributed by atoms with Gasteiger partial charge in [-0.15, -0.1) is 0 Å². The van der Waals surface area contributed by atoms with Crippen LogP contribution in [0.5, 0.6) is 11.5 Å². The van der Waals surface area contributed by atoms with Crippen molar-refractivity contribution in [2.75, 3.05) is 6.61 Å². The van der Waals surface area contributed by atoms with E-state index in [4.69, 9.17) is 4.74 Å². The predicted octanol–water partition coefficient (Wildman–Crippen LogP) is 1.81. The molecule has 0 fully saturated rings. The van der Waals surface area contributed by atoms with E-state index in [0.29, 0.717) is 25.4 Å². The number of nitrogens with zero attached hydrogens (tertiary/aromatic N) is 2. The summed E-state index contributed by atoms with van der Waals surface area (Å²) >= 11 is 0. The molecule has 0 saturated carbocycles. The second-order valence-corrected chi connectivity index (χ2v) is 4.25. The van der Waals surface area contributed by atoms with Crippen LogP contribution in [0, 0.1) is 0 Å². The standard InChI is InChI=1S/C14H19N3O2/c1-3-19-12-6-4-5-11(14(12)18)9-15-10-13-16-7-8-17(13)2/h4-8,15,18H,3,9-10H2,1-2H3. The molecule has 0 aliphatic heterocycles. The summed E-state index contributed by atoms with van der Waals surface area (Å²) in [6.07, 6.45) is 3.67. The van der Waals surface area contributed by atoms with E-state index < -0.39 is 0 Å². The smallest absolute Gasteiger partial charge is 0.162 e. The Balaban J connectivity index is 1.96. The fourth-order valence-corrected chi connectivity index (χ4v) is 1.86. The summed E-state index contributed by atoms with van der Waals surface area (Å²) in [4.78, 5) is 4.23. The van der Waals surface area contributed by atoms with Crippen molar-refractivity contribution in [3.05, 3.63) is 42.0 Å². The summed E-state index contributed by atoms with van der Waals surface area (Å²) in [5.41, 5.74) is 0.820. The van der Waals surface area contributed by atoms with Gasteiger partial charge in [0.1, 0.15) is 5.82 Å². The van der Waals surface area contributed by atoms with Crippen LogP contribution in [0.4, 0.5) is 0 Å². The Morgan fingerprint density at radius 2 is 2.21 bits per heavy atom. The molecular formula is C14H19N3O2. The molecule has 0 amide bonds. The van der Waals surface area contributed by atoms with Gasteiger partial charge in [0, 0.05) is 31.5 Å². The highest BCUT2D eigenvalue weighted by Gasteiger charge is 2.07. The van der Waals surface area contributed by atoms with E-state index in [1.807, 2.05) is 36.9 Å². The molecule has 0 unspecified atom stereocenters. The zero-order valence-electron chi connectivity index (χ0n) is 11.3. The molecule has 0 spiro atoms. The molecule has 0 saturated heterocycles. The number of hydrogen-bond donors (Lipinski definition) is 2. The van der Waals surface area contributed by atoms with E-state index in [1.165, 1.54) is 0 Å². The SMILES string of the molecule is CCOc1cccc(CNCc2nccn2C)c1O. The van der Waals surface area contributed by atoms with Gasteiger partial charge in [-0.2, -0.15) is 0 Å². The molecule has 1 aromatic heterocycles. The molecule has 0 radical (unpaired) electrons. The minimum absolute atomic E-state index is 0.205. The Kier molecular flexibility index (Phi) is 4.41. The second kappa shape index (κ2) is 6.24. The van der Waals surface area contributed by atoms with Crippen LogP contribution in [0.25, 0.3) is 0 Å². The van der Waals surface area contributed by atoms with Crippen molar-refractivity contribution in [1.82, 2.24) is 14.9 Å². The van der Waals surface area contributed by atoms with Crippen molar-refractivity contribution in [2.24, 2.45) is 7.05 Å². The summed E-state index contributed by atoms with van der Waals surface area (Å²) in [6, 6.07) is 5.52. The number of aryl methyl sites for hydroxylation is 1. The average Bonchev–Trinajstić information content (AvgIpc) is 2.80. The molecule has 5 heteroatoms. The highest BCUT2D eigenvalue weighted by molar-refractivity contribution is 5.45. The highest BCUT2D eigenvalue weighted by atomic mass is 16.5. The number of phenolic OH excluding ortho intramolecular Hbond substituents is 1. The lowest BCUT2D eigenvalue weighted by Crippen LogP contribution is -2.15. The molecule has 2 aromatic rings. The molecule has 0 atom stereocenters. The highest BCUT2D eigenvalue weighted by Crippen LogP contribution is 2.29. The molecule has 2 rings (SSSR count). The van der Waals surface area contributed by atoms with Crippen LogP contribution in [0.3, 0.4) is 0 Å². The van der Waals surface area contributed by atoms with Crippen LogP contribution in [-0.2, 0) is 20.1 Å². The van der Waals surface area contributed by atoms with E-state index in [0.717, 1.165) is 11.4 Å². The third-order valence-corrected chi connectivity index (χ3v) is 2.90. The molecule has 0 bridgehead atoms. The topological polar surface area (TPSA) is 59.3 Å². The third-order valence-electron chi connectivity index (χ3n) is 2.90. The number of ether oxygens (including phenoxy) is 1. The summed E-state index contributed by atoms with van der Waals surface area (Å²) < 4.78 is 7.32. The number of imidazole rings is 1. The molecule has 1 aromatic carbocycles. The first kappa shape index (κ1) is 13.4. The van der Waals surface area contributed by atoms with Gasteiger partial charge < -0.3 is 19.7 Å². The lowest BCUT2D eigenvalue weighted by atomic mass is 10.2. The van der Waals surface area contributed by atoms with Gasteiger partial charge in [-0.05, 0) is 13.0 Å². The summed E-state index contributed by atoms with van der Waals surface area (Å²) in [5.74, 6) is 1.69. The Labute approximate surface area is 112 Å². The van der Waals surface area contributed by atoms with E-state index in [2.05, 4.69) is 10.3 Å². The molecule has 19 heavy (non-hydrogen) atoms. The Morgan fingerprint density at radius 1 is 1.37 bits per heavy atom. The molecular weight excluding hydrogens is 242 g/mol.